The molecule has 1 rings (SSSR count). The van der Waals surface area contributed by atoms with Gasteiger partial charge in [-0.05, 0) is 25.3 Å². The molecule has 1 aliphatic heterocycles. The van der Waals surface area contributed by atoms with E-state index in [4.69, 9.17) is 4.74 Å². The molecule has 16 heavy (non-hydrogen) atoms. The van der Waals surface area contributed by atoms with Gasteiger partial charge in [-0.25, -0.2) is 4.79 Å². The van der Waals surface area contributed by atoms with Crippen molar-refractivity contribution in [3.8, 4) is 0 Å². The molecule has 0 saturated carbocycles. The second kappa shape index (κ2) is 4.96. The van der Waals surface area contributed by atoms with Crippen LogP contribution in [0, 0.1) is 0 Å². The lowest BCUT2D eigenvalue weighted by Crippen LogP contribution is -2.52. The molecule has 0 aromatic carbocycles. The summed E-state index contributed by atoms with van der Waals surface area (Å²) >= 11 is 0. The Morgan fingerprint density at radius 3 is 2.69 bits per heavy atom. The smallest absolute Gasteiger partial charge is 0.332 e. The fourth-order valence-electron chi connectivity index (χ4n) is 2.25. The normalized spacial score (nSPS) is 23.9. The molecule has 0 radical (unpaired) electrons. The van der Waals surface area contributed by atoms with E-state index in [9.17, 15) is 9.59 Å². The summed E-state index contributed by atoms with van der Waals surface area (Å²) in [5.74, 6) is -0.607. The Kier molecular flexibility index (Phi) is 3.88. The van der Waals surface area contributed by atoms with E-state index >= 15 is 0 Å². The number of hydrogen-bond acceptors (Lipinski definition) is 3. The molecular weight excluding hydrogens is 206 g/mol. The zero-order valence-electron chi connectivity index (χ0n) is 9.57. The van der Waals surface area contributed by atoms with E-state index in [1.165, 1.54) is 18.1 Å². The molecule has 4 nitrogen and oxygen atoms in total. The standard InChI is InChI=1S/C12H17NO3/c1-4-7-12(11(15)16-3)8-6-9-13(12)10(14)5-2/h4-5H,1-2,6-9H2,3H3/t12-/m1/s1. The number of carbonyl (C=O) groups is 2. The van der Waals surface area contributed by atoms with E-state index in [-0.39, 0.29) is 11.9 Å². The van der Waals surface area contributed by atoms with Crippen LogP contribution in [0.25, 0.3) is 0 Å². The lowest BCUT2D eigenvalue weighted by Gasteiger charge is -2.34. The van der Waals surface area contributed by atoms with Crippen LogP contribution < -0.4 is 0 Å². The Labute approximate surface area is 95.6 Å². The van der Waals surface area contributed by atoms with Gasteiger partial charge in [-0.2, -0.15) is 0 Å². The molecule has 0 aliphatic carbocycles. The second-order valence-corrected chi connectivity index (χ2v) is 3.81. The van der Waals surface area contributed by atoms with Gasteiger partial charge in [-0.1, -0.05) is 12.7 Å². The van der Waals surface area contributed by atoms with Gasteiger partial charge in [0.2, 0.25) is 5.91 Å². The van der Waals surface area contributed by atoms with Crippen LogP contribution >= 0.6 is 0 Å². The summed E-state index contributed by atoms with van der Waals surface area (Å²) in [4.78, 5) is 25.1. The Hall–Kier alpha value is -1.58. The molecule has 0 N–H and O–H groups in total. The van der Waals surface area contributed by atoms with E-state index < -0.39 is 5.54 Å². The molecule has 0 aromatic rings. The molecule has 1 atom stereocenters. The summed E-state index contributed by atoms with van der Waals surface area (Å²) in [6.45, 7) is 7.64. The molecule has 0 aromatic heterocycles. The molecular formula is C12H17NO3. The van der Waals surface area contributed by atoms with Gasteiger partial charge in [0, 0.05) is 6.54 Å². The average Bonchev–Trinajstić information content (AvgIpc) is 2.72. The third kappa shape index (κ3) is 1.87. The van der Waals surface area contributed by atoms with Crippen LogP contribution in [0.1, 0.15) is 19.3 Å². The maximum absolute atomic E-state index is 11.9. The Balaban J connectivity index is 3.06. The van der Waals surface area contributed by atoms with Crippen molar-refractivity contribution in [2.24, 2.45) is 0 Å². The number of esters is 1. The minimum atomic E-state index is -0.873. The lowest BCUT2D eigenvalue weighted by molar-refractivity contribution is -0.157. The van der Waals surface area contributed by atoms with Crippen molar-refractivity contribution < 1.29 is 14.3 Å². The highest BCUT2D eigenvalue weighted by molar-refractivity contribution is 5.94. The van der Waals surface area contributed by atoms with Crippen molar-refractivity contribution in [3.05, 3.63) is 25.3 Å². The van der Waals surface area contributed by atoms with Crippen LogP contribution in [0.2, 0.25) is 0 Å². The van der Waals surface area contributed by atoms with Crippen LogP contribution in [0.5, 0.6) is 0 Å². The number of methoxy groups -OCH3 is 1. The molecule has 4 heteroatoms. The minimum absolute atomic E-state index is 0.232. The van der Waals surface area contributed by atoms with Crippen molar-refractivity contribution >= 4 is 11.9 Å². The van der Waals surface area contributed by atoms with Crippen molar-refractivity contribution in [1.29, 1.82) is 0 Å². The van der Waals surface area contributed by atoms with Crippen LogP contribution in [-0.4, -0.2) is 36.0 Å². The summed E-state index contributed by atoms with van der Waals surface area (Å²) in [6, 6.07) is 0. The highest BCUT2D eigenvalue weighted by Gasteiger charge is 2.49. The number of ether oxygens (including phenoxy) is 1. The lowest BCUT2D eigenvalue weighted by atomic mass is 9.92. The van der Waals surface area contributed by atoms with Gasteiger partial charge in [-0.15, -0.1) is 6.58 Å². The largest absolute Gasteiger partial charge is 0.467 e. The summed E-state index contributed by atoms with van der Waals surface area (Å²) in [7, 11) is 1.34. The van der Waals surface area contributed by atoms with Crippen molar-refractivity contribution in [2.45, 2.75) is 24.8 Å². The monoisotopic (exact) mass is 223 g/mol. The second-order valence-electron chi connectivity index (χ2n) is 3.81. The van der Waals surface area contributed by atoms with E-state index in [0.717, 1.165) is 6.42 Å². The fraction of sp³-hybridized carbons (Fsp3) is 0.500. The van der Waals surface area contributed by atoms with Crippen molar-refractivity contribution in [3.63, 3.8) is 0 Å². The Bertz CT molecular complexity index is 324. The van der Waals surface area contributed by atoms with Crippen molar-refractivity contribution in [2.75, 3.05) is 13.7 Å². The van der Waals surface area contributed by atoms with E-state index in [2.05, 4.69) is 13.2 Å². The maximum Gasteiger partial charge on any atom is 0.332 e. The first-order chi connectivity index (χ1) is 7.62. The average molecular weight is 223 g/mol. The Morgan fingerprint density at radius 2 is 2.19 bits per heavy atom. The molecule has 0 spiro atoms. The number of amides is 1. The van der Waals surface area contributed by atoms with Gasteiger partial charge < -0.3 is 9.64 Å². The molecule has 1 heterocycles. The number of likely N-dealkylation sites (tertiary alicyclic amines) is 1. The number of carbonyl (C=O) groups excluding carboxylic acids is 2. The summed E-state index contributed by atoms with van der Waals surface area (Å²) in [5.41, 5.74) is -0.873. The SMILES string of the molecule is C=CC[C@]1(C(=O)OC)CCCN1C(=O)C=C. The molecule has 1 amide bonds. The number of nitrogens with zero attached hydrogens (tertiary/aromatic N) is 1. The van der Waals surface area contributed by atoms with Crippen LogP contribution in [0.4, 0.5) is 0 Å². The number of hydrogen-bond donors (Lipinski definition) is 0. The van der Waals surface area contributed by atoms with Crippen LogP contribution in [-0.2, 0) is 14.3 Å². The van der Waals surface area contributed by atoms with Crippen LogP contribution in [0.3, 0.4) is 0 Å². The topological polar surface area (TPSA) is 46.6 Å². The van der Waals surface area contributed by atoms with Gasteiger partial charge in [0.05, 0.1) is 7.11 Å². The van der Waals surface area contributed by atoms with Gasteiger partial charge in [-0.3, -0.25) is 4.79 Å². The van der Waals surface area contributed by atoms with Gasteiger partial charge in [0.25, 0.3) is 0 Å². The summed E-state index contributed by atoms with van der Waals surface area (Å²) < 4.78 is 4.80. The predicted octanol–water partition coefficient (Wildman–Crippen LogP) is 1.28. The first-order valence-corrected chi connectivity index (χ1v) is 5.25. The van der Waals surface area contributed by atoms with Crippen LogP contribution in [0.15, 0.2) is 25.3 Å². The Morgan fingerprint density at radius 1 is 1.50 bits per heavy atom. The van der Waals surface area contributed by atoms with Gasteiger partial charge in [0.15, 0.2) is 0 Å². The highest BCUT2D eigenvalue weighted by atomic mass is 16.5. The van der Waals surface area contributed by atoms with Gasteiger partial charge in [0.1, 0.15) is 5.54 Å². The van der Waals surface area contributed by atoms with E-state index in [0.29, 0.717) is 19.4 Å². The molecule has 0 unspecified atom stereocenters. The zero-order chi connectivity index (χ0) is 12.2. The third-order valence-corrected chi connectivity index (χ3v) is 2.98. The molecule has 1 saturated heterocycles. The maximum atomic E-state index is 11.9. The zero-order valence-corrected chi connectivity index (χ0v) is 9.57. The molecule has 1 fully saturated rings. The molecule has 1 aliphatic rings. The van der Waals surface area contributed by atoms with E-state index in [1.54, 1.807) is 6.08 Å². The summed E-state index contributed by atoms with van der Waals surface area (Å²) in [5, 5.41) is 0. The summed E-state index contributed by atoms with van der Waals surface area (Å²) in [6.07, 6.45) is 4.70. The predicted molar refractivity (Wildman–Crippen MR) is 60.7 cm³/mol. The van der Waals surface area contributed by atoms with E-state index in [1.807, 2.05) is 0 Å². The van der Waals surface area contributed by atoms with Gasteiger partial charge >= 0.3 is 5.97 Å². The number of rotatable bonds is 4. The molecule has 0 bridgehead atoms. The fourth-order valence-corrected chi connectivity index (χ4v) is 2.25. The quantitative estimate of drug-likeness (QED) is 0.410. The molecule has 88 valence electrons. The van der Waals surface area contributed by atoms with Crippen molar-refractivity contribution in [1.82, 2.24) is 4.90 Å². The first kappa shape index (κ1) is 12.5. The minimum Gasteiger partial charge on any atom is -0.467 e. The third-order valence-electron chi connectivity index (χ3n) is 2.98. The highest BCUT2D eigenvalue weighted by Crippen LogP contribution is 2.34. The first-order valence-electron chi connectivity index (χ1n) is 5.25.